The lowest BCUT2D eigenvalue weighted by atomic mass is 10.3. The Balaban J connectivity index is 2.26. The van der Waals surface area contributed by atoms with E-state index in [1.807, 2.05) is 0 Å². The van der Waals surface area contributed by atoms with Crippen molar-refractivity contribution >= 4 is 43.0 Å². The van der Waals surface area contributed by atoms with Crippen LogP contribution in [0.4, 0.5) is 10.1 Å². The zero-order valence-corrected chi connectivity index (χ0v) is 13.7. The van der Waals surface area contributed by atoms with E-state index in [2.05, 4.69) is 26.0 Å². The number of anilines is 1. The van der Waals surface area contributed by atoms with Crippen LogP contribution in [-0.4, -0.2) is 15.5 Å². The maximum atomic E-state index is 13.7. The largest absolute Gasteiger partial charge is 0.315 e. The normalized spacial score (nSPS) is 11.6. The molecule has 0 saturated carbocycles. The monoisotopic (exact) mass is 378 g/mol. The van der Waals surface area contributed by atoms with Gasteiger partial charge in [0.15, 0.2) is 0 Å². The Morgan fingerprint density at radius 2 is 2.05 bits per heavy atom. The van der Waals surface area contributed by atoms with Crippen LogP contribution < -0.4 is 10.0 Å². The van der Waals surface area contributed by atoms with Crippen LogP contribution in [0.3, 0.4) is 0 Å². The summed E-state index contributed by atoms with van der Waals surface area (Å²) in [6.07, 6.45) is 0. The van der Waals surface area contributed by atoms with Crippen molar-refractivity contribution in [3.63, 3.8) is 0 Å². The summed E-state index contributed by atoms with van der Waals surface area (Å²) in [6, 6.07) is 7.39. The van der Waals surface area contributed by atoms with Gasteiger partial charge in [0, 0.05) is 15.9 Å². The van der Waals surface area contributed by atoms with E-state index in [0.717, 1.165) is 16.2 Å². The number of thiophene rings is 1. The highest BCUT2D eigenvalue weighted by atomic mass is 79.9. The summed E-state index contributed by atoms with van der Waals surface area (Å²) in [6.45, 7) is 0.590. The molecule has 0 bridgehead atoms. The third-order valence-electron chi connectivity index (χ3n) is 2.43. The molecule has 2 rings (SSSR count). The molecule has 8 heteroatoms. The first-order chi connectivity index (χ1) is 9.42. The number of nitrogens with one attached hydrogen (secondary N) is 2. The fourth-order valence-electron chi connectivity index (χ4n) is 1.54. The second kappa shape index (κ2) is 6.21. The fourth-order valence-corrected chi connectivity index (χ4v) is 4.31. The van der Waals surface area contributed by atoms with E-state index in [1.165, 1.54) is 18.2 Å². The summed E-state index contributed by atoms with van der Waals surface area (Å²) in [7, 11) is -1.98. The Hall–Kier alpha value is -0.960. The van der Waals surface area contributed by atoms with Gasteiger partial charge in [-0.2, -0.15) is 0 Å². The van der Waals surface area contributed by atoms with Gasteiger partial charge < -0.3 is 5.32 Å². The van der Waals surface area contributed by atoms with Gasteiger partial charge in [-0.05, 0) is 37.4 Å². The van der Waals surface area contributed by atoms with Gasteiger partial charge in [-0.3, -0.25) is 4.72 Å². The summed E-state index contributed by atoms with van der Waals surface area (Å²) < 4.78 is 40.9. The van der Waals surface area contributed by atoms with Crippen LogP contribution >= 0.6 is 27.3 Å². The predicted molar refractivity (Wildman–Crippen MR) is 82.0 cm³/mol. The minimum Gasteiger partial charge on any atom is -0.315 e. The quantitative estimate of drug-likeness (QED) is 0.839. The fraction of sp³-hybridized carbons (Fsp3) is 0.167. The second-order valence-corrected chi connectivity index (χ2v) is 7.97. The van der Waals surface area contributed by atoms with Crippen molar-refractivity contribution in [2.24, 2.45) is 0 Å². The van der Waals surface area contributed by atoms with Gasteiger partial charge in [0.2, 0.25) is 0 Å². The summed E-state index contributed by atoms with van der Waals surface area (Å²) in [5.74, 6) is -0.630. The van der Waals surface area contributed by atoms with E-state index in [-0.39, 0.29) is 9.90 Å². The van der Waals surface area contributed by atoms with Gasteiger partial charge in [0.05, 0.1) is 5.69 Å². The van der Waals surface area contributed by atoms with Crippen molar-refractivity contribution in [1.82, 2.24) is 5.32 Å². The molecule has 0 saturated heterocycles. The lowest BCUT2D eigenvalue weighted by molar-refractivity contribution is 0.600. The van der Waals surface area contributed by atoms with Crippen LogP contribution in [0.1, 0.15) is 4.88 Å². The van der Waals surface area contributed by atoms with E-state index >= 15 is 0 Å². The Kier molecular flexibility index (Phi) is 4.79. The van der Waals surface area contributed by atoms with Crippen LogP contribution in [0.25, 0.3) is 0 Å². The summed E-state index contributed by atoms with van der Waals surface area (Å²) >= 11 is 4.27. The van der Waals surface area contributed by atoms with Crippen LogP contribution in [0, 0.1) is 5.82 Å². The smallest absolute Gasteiger partial charge is 0.271 e. The van der Waals surface area contributed by atoms with Crippen molar-refractivity contribution < 1.29 is 12.8 Å². The van der Waals surface area contributed by atoms with Gasteiger partial charge >= 0.3 is 0 Å². The number of sulfonamides is 1. The molecule has 0 aliphatic heterocycles. The average molecular weight is 379 g/mol. The zero-order valence-electron chi connectivity index (χ0n) is 10.5. The van der Waals surface area contributed by atoms with E-state index in [0.29, 0.717) is 11.0 Å². The van der Waals surface area contributed by atoms with E-state index < -0.39 is 15.8 Å². The number of benzene rings is 1. The molecule has 0 radical (unpaired) electrons. The lowest BCUT2D eigenvalue weighted by Crippen LogP contribution is -2.12. The highest BCUT2D eigenvalue weighted by Crippen LogP contribution is 2.26. The summed E-state index contributed by atoms with van der Waals surface area (Å²) in [4.78, 5) is 0.893. The molecule has 1 aromatic heterocycles. The molecule has 0 aliphatic carbocycles. The van der Waals surface area contributed by atoms with Gasteiger partial charge in [-0.1, -0.05) is 15.9 Å². The number of hydrogen-bond donors (Lipinski definition) is 2. The number of hydrogen-bond acceptors (Lipinski definition) is 4. The first-order valence-electron chi connectivity index (χ1n) is 5.63. The Morgan fingerprint density at radius 1 is 1.30 bits per heavy atom. The lowest BCUT2D eigenvalue weighted by Gasteiger charge is -2.07. The topological polar surface area (TPSA) is 58.2 Å². The predicted octanol–water partition coefficient (Wildman–Crippen LogP) is 3.17. The Labute approximate surface area is 129 Å². The zero-order chi connectivity index (χ0) is 14.8. The molecule has 108 valence electrons. The first-order valence-corrected chi connectivity index (χ1v) is 8.73. The SMILES string of the molecule is CNCc1ccc(S(=O)(=O)Nc2ccc(Br)cc2F)s1. The average Bonchev–Trinajstić information content (AvgIpc) is 2.83. The minimum absolute atomic E-state index is 0.0724. The molecular formula is C12H12BrFN2O2S2. The number of halogens is 2. The molecule has 2 aromatic rings. The van der Waals surface area contributed by atoms with E-state index in [9.17, 15) is 12.8 Å². The molecule has 0 amide bonds. The molecule has 4 nitrogen and oxygen atoms in total. The van der Waals surface area contributed by atoms with Crippen molar-refractivity contribution in [2.75, 3.05) is 11.8 Å². The molecule has 0 atom stereocenters. The highest BCUT2D eigenvalue weighted by Gasteiger charge is 2.18. The van der Waals surface area contributed by atoms with E-state index in [1.54, 1.807) is 19.2 Å². The van der Waals surface area contributed by atoms with Gasteiger partial charge in [0.1, 0.15) is 10.0 Å². The van der Waals surface area contributed by atoms with Gasteiger partial charge in [0.25, 0.3) is 10.0 Å². The van der Waals surface area contributed by atoms with Crippen LogP contribution in [0.2, 0.25) is 0 Å². The maximum absolute atomic E-state index is 13.7. The van der Waals surface area contributed by atoms with E-state index in [4.69, 9.17) is 0 Å². The molecule has 2 N–H and O–H groups in total. The Morgan fingerprint density at radius 3 is 2.70 bits per heavy atom. The van der Waals surface area contributed by atoms with Crippen molar-refractivity contribution in [1.29, 1.82) is 0 Å². The third-order valence-corrected chi connectivity index (χ3v) is 5.86. The molecule has 1 heterocycles. The maximum Gasteiger partial charge on any atom is 0.271 e. The molecule has 20 heavy (non-hydrogen) atoms. The number of rotatable bonds is 5. The second-order valence-electron chi connectivity index (χ2n) is 3.98. The molecule has 0 spiro atoms. The van der Waals surface area contributed by atoms with Crippen molar-refractivity contribution in [3.8, 4) is 0 Å². The first kappa shape index (κ1) is 15.4. The van der Waals surface area contributed by atoms with Crippen LogP contribution in [0.15, 0.2) is 39.0 Å². The highest BCUT2D eigenvalue weighted by molar-refractivity contribution is 9.10. The summed E-state index contributed by atoms with van der Waals surface area (Å²) in [5.41, 5.74) is -0.0724. The van der Waals surface area contributed by atoms with Gasteiger partial charge in [-0.25, -0.2) is 12.8 Å². The molecule has 0 unspecified atom stereocenters. The van der Waals surface area contributed by atoms with Crippen molar-refractivity contribution in [3.05, 3.63) is 45.5 Å². The molecule has 0 aliphatic rings. The molecular weight excluding hydrogens is 367 g/mol. The minimum atomic E-state index is -3.76. The van der Waals surface area contributed by atoms with Crippen LogP contribution in [0.5, 0.6) is 0 Å². The van der Waals surface area contributed by atoms with Crippen LogP contribution in [-0.2, 0) is 16.6 Å². The standard InChI is InChI=1S/C12H12BrFN2O2S2/c1-15-7-9-3-5-12(19-9)20(17,18)16-11-4-2-8(13)6-10(11)14/h2-6,15-16H,7H2,1H3. The Bertz CT molecular complexity index is 716. The van der Waals surface area contributed by atoms with Gasteiger partial charge in [-0.15, -0.1) is 11.3 Å². The molecule has 0 fully saturated rings. The third kappa shape index (κ3) is 3.57. The van der Waals surface area contributed by atoms with Crippen molar-refractivity contribution in [2.45, 2.75) is 10.8 Å². The molecule has 1 aromatic carbocycles. The summed E-state index contributed by atoms with van der Waals surface area (Å²) in [5, 5.41) is 2.94.